The van der Waals surface area contributed by atoms with Gasteiger partial charge in [-0.3, -0.25) is 0 Å². The zero-order valence-electron chi connectivity index (χ0n) is 13.2. The molecule has 0 aromatic heterocycles. The van der Waals surface area contributed by atoms with E-state index in [1.54, 1.807) is 0 Å². The van der Waals surface area contributed by atoms with Crippen molar-refractivity contribution in [3.8, 4) is 0 Å². The van der Waals surface area contributed by atoms with Crippen molar-refractivity contribution in [2.45, 2.75) is 77.4 Å². The van der Waals surface area contributed by atoms with E-state index in [0.29, 0.717) is 0 Å². The molecule has 0 fully saturated rings. The SMILES string of the molecule is CCC(C)[Si](C(C)CC)(C(C)CC)[Si](I)(I)[Si](I)(I)I. The maximum atomic E-state index is 3.04. The first kappa shape index (κ1) is 24.3. The molecule has 0 spiro atoms. The third kappa shape index (κ3) is 4.72. The van der Waals surface area contributed by atoms with Gasteiger partial charge in [-0.1, -0.05) is 126 Å². The number of hydrogen-bond acceptors (Lipinski definition) is 0. The van der Waals surface area contributed by atoms with Gasteiger partial charge in [0.25, 0.3) is 0.0813 Å². The monoisotopic (exact) mass is 890 g/mol. The molecule has 0 nitrogen and oxygen atoms in total. The molecule has 0 aromatic rings. The molecule has 3 atom stereocenters. The molecule has 0 saturated heterocycles. The molecule has 0 aliphatic carbocycles. The van der Waals surface area contributed by atoms with Crippen LogP contribution >= 0.6 is 109 Å². The first-order valence-electron chi connectivity index (χ1n) is 7.39. The van der Waals surface area contributed by atoms with E-state index >= 15 is 0 Å². The molecule has 0 aliphatic rings. The van der Waals surface area contributed by atoms with Crippen LogP contribution in [-0.4, -0.2) is 9.77 Å². The highest BCUT2D eigenvalue weighted by atomic mass is 127. The van der Waals surface area contributed by atoms with Gasteiger partial charge in [-0.2, -0.15) is 0 Å². The molecule has 122 valence electrons. The minimum atomic E-state index is -1.32. The Kier molecular flexibility index (Phi) is 12.0. The summed E-state index contributed by atoms with van der Waals surface area (Å²) in [5, 5.41) is 0. The summed E-state index contributed by atoms with van der Waals surface area (Å²) in [7, 11) is -1.32. The zero-order valence-corrected chi connectivity index (χ0v) is 27.0. The summed E-state index contributed by atoms with van der Waals surface area (Å²) in [5.41, 5.74) is 2.91. The predicted octanol–water partition coefficient (Wildman–Crippen LogP) is 8.55. The lowest BCUT2D eigenvalue weighted by molar-refractivity contribution is 0.709. The quantitative estimate of drug-likeness (QED) is 0.130. The van der Waals surface area contributed by atoms with Gasteiger partial charge in [0, 0.05) is 0 Å². The number of halogens is 5. The van der Waals surface area contributed by atoms with E-state index in [1.165, 1.54) is 19.3 Å². The summed E-state index contributed by atoms with van der Waals surface area (Å²) in [6.07, 6.45) is 4.15. The lowest BCUT2D eigenvalue weighted by atomic mass is 10.3. The van der Waals surface area contributed by atoms with Crippen LogP contribution in [0.25, 0.3) is 0 Å². The fraction of sp³-hybridized carbons (Fsp3) is 1.00. The molecule has 0 N–H and O–H groups in total. The second kappa shape index (κ2) is 9.85. The fourth-order valence-corrected chi connectivity index (χ4v) is 97.4. The average molecular weight is 890 g/mol. The highest BCUT2D eigenvalue weighted by Crippen LogP contribution is 2.62. The molecule has 3 unspecified atom stereocenters. The van der Waals surface area contributed by atoms with Crippen LogP contribution in [0.5, 0.6) is 0 Å². The predicted molar refractivity (Wildman–Crippen MR) is 147 cm³/mol. The zero-order chi connectivity index (χ0) is 16.4. The summed E-state index contributed by atoms with van der Waals surface area (Å²) in [6.45, 7) is 15.1. The Balaban J connectivity index is 6.27. The summed E-state index contributed by atoms with van der Waals surface area (Å²) in [4.78, 5) is 0. The van der Waals surface area contributed by atoms with E-state index in [1.807, 2.05) is 0 Å². The van der Waals surface area contributed by atoms with E-state index in [4.69, 9.17) is 0 Å². The van der Waals surface area contributed by atoms with Crippen molar-refractivity contribution in [1.82, 2.24) is 0 Å². The molecule has 20 heavy (non-hydrogen) atoms. The Morgan fingerprint density at radius 2 is 0.900 bits per heavy atom. The van der Waals surface area contributed by atoms with Gasteiger partial charge < -0.3 is 0 Å². The molecular weight excluding hydrogens is 863 g/mol. The maximum absolute atomic E-state index is 3.04. The maximum Gasteiger partial charge on any atom is 0.261 e. The second-order valence-electron chi connectivity index (χ2n) is 5.93. The van der Waals surface area contributed by atoms with E-state index < -0.39 is 9.77 Å². The first-order chi connectivity index (χ1) is 8.94. The molecule has 8 heteroatoms. The topological polar surface area (TPSA) is 0 Å². The van der Waals surface area contributed by atoms with Crippen LogP contribution < -0.4 is 0 Å². The van der Waals surface area contributed by atoms with Gasteiger partial charge in [0.15, 0.2) is 0 Å². The van der Waals surface area contributed by atoms with E-state index in [2.05, 4.69) is 151 Å². The van der Waals surface area contributed by atoms with E-state index in [-0.39, 0.29) is 0 Å². The summed E-state index contributed by atoms with van der Waals surface area (Å²) >= 11 is 14.7. The van der Waals surface area contributed by atoms with Crippen molar-refractivity contribution in [3.63, 3.8) is 0 Å². The van der Waals surface area contributed by atoms with Gasteiger partial charge in [0.2, 0.25) is 2.10 Å². The minimum Gasteiger partial charge on any atom is -0.109 e. The Morgan fingerprint density at radius 3 is 1.05 bits per heavy atom. The molecular formula is C12H27I5Si3. The average Bonchev–Trinajstić information content (AvgIpc) is 2.36. The summed E-state index contributed by atoms with van der Waals surface area (Å²) in [5.74, 6) is 0. The first-order valence-corrected chi connectivity index (χ1v) is 31.2. The lowest BCUT2D eigenvalue weighted by Crippen LogP contribution is -2.69. The lowest BCUT2D eigenvalue weighted by Gasteiger charge is -2.54. The van der Waals surface area contributed by atoms with Crippen molar-refractivity contribution in [2.75, 3.05) is 0 Å². The second-order valence-corrected chi connectivity index (χ2v) is 94.2. The Bertz CT molecular complexity index is 279. The van der Waals surface area contributed by atoms with Gasteiger partial charge in [-0.15, -0.1) is 43.6 Å². The van der Waals surface area contributed by atoms with Crippen molar-refractivity contribution in [3.05, 3.63) is 0 Å². The molecule has 0 rings (SSSR count). The van der Waals surface area contributed by atoms with Crippen LogP contribution in [0.4, 0.5) is 0 Å². The van der Waals surface area contributed by atoms with Gasteiger partial charge in [-0.05, 0) is 16.6 Å². The van der Waals surface area contributed by atoms with Crippen LogP contribution in [0.15, 0.2) is 0 Å². The number of rotatable bonds is 8. The molecule has 0 heterocycles. The molecule has 0 aromatic carbocycles. The highest BCUT2D eigenvalue weighted by Gasteiger charge is 2.67. The minimum absolute atomic E-state index is 0.971. The van der Waals surface area contributed by atoms with Crippen LogP contribution in [0, 0.1) is 0 Å². The molecule has 0 saturated carbocycles. The van der Waals surface area contributed by atoms with E-state index in [0.717, 1.165) is 16.6 Å². The smallest absolute Gasteiger partial charge is 0.109 e. The summed E-state index contributed by atoms with van der Waals surface area (Å²) < 4.78 is -2.43. The van der Waals surface area contributed by atoms with Gasteiger partial charge in [0.1, 0.15) is 0 Å². The third-order valence-electron chi connectivity index (χ3n) is 5.18. The largest absolute Gasteiger partial charge is 0.261 e. The Labute approximate surface area is 192 Å². The van der Waals surface area contributed by atoms with Gasteiger partial charge >= 0.3 is 0 Å². The molecule has 0 bridgehead atoms. The molecule has 0 aliphatic heterocycles. The van der Waals surface area contributed by atoms with Crippen LogP contribution in [-0.2, 0) is 0 Å². The Morgan fingerprint density at radius 1 is 0.650 bits per heavy atom. The van der Waals surface area contributed by atoms with Crippen molar-refractivity contribution < 1.29 is 0 Å². The standard InChI is InChI=1S/C12H27I5Si3/c1-7-10(4)18(11(5)8-2,12(6)9-3)20(16,17)19(13,14)15/h10-12H,7-9H2,1-6H3. The van der Waals surface area contributed by atoms with Crippen molar-refractivity contribution >= 4 is 119 Å². The third-order valence-corrected chi connectivity index (χ3v) is 153. The van der Waals surface area contributed by atoms with Crippen molar-refractivity contribution in [1.29, 1.82) is 0 Å². The molecule has 0 amide bonds. The highest BCUT2D eigenvalue weighted by molar-refractivity contribution is 14.4. The summed E-state index contributed by atoms with van der Waals surface area (Å²) in [6, 6.07) is 0. The van der Waals surface area contributed by atoms with Gasteiger partial charge in [-0.25, -0.2) is 0 Å². The van der Waals surface area contributed by atoms with Crippen LogP contribution in [0.2, 0.25) is 16.6 Å². The fourth-order valence-electron chi connectivity index (χ4n) is 3.64. The van der Waals surface area contributed by atoms with Crippen molar-refractivity contribution in [2.24, 2.45) is 0 Å². The Hall–Kier alpha value is 4.30. The van der Waals surface area contributed by atoms with E-state index in [9.17, 15) is 0 Å². The normalized spacial score (nSPS) is 21.1. The number of hydrogen-bond donors (Lipinski definition) is 0. The molecule has 0 radical (unpaired) electrons. The van der Waals surface area contributed by atoms with Crippen LogP contribution in [0.3, 0.4) is 0 Å². The van der Waals surface area contributed by atoms with Crippen LogP contribution in [0.1, 0.15) is 60.8 Å². The van der Waals surface area contributed by atoms with Gasteiger partial charge in [0.05, 0.1) is 7.59 Å².